The number of H-pyrrole nitrogens is 1. The highest BCUT2D eigenvalue weighted by Crippen LogP contribution is 2.27. The standard InChI is InChI=1S/C24H22N6O2S/c1-29-18(13-19(28-29)32-15-17-11-7-4-8-12-17)21-25-20-22(26-21)30(24(31)27-23(20)33-2)14-16-9-5-3-6-10-16/h3-13H,14-15H2,1-2H3,(H,25,26). The summed E-state index contributed by atoms with van der Waals surface area (Å²) in [7, 11) is 1.84. The topological polar surface area (TPSA) is 90.6 Å². The van der Waals surface area contributed by atoms with Crippen molar-refractivity contribution in [2.75, 3.05) is 6.26 Å². The minimum Gasteiger partial charge on any atom is -0.472 e. The van der Waals surface area contributed by atoms with Crippen LogP contribution in [0.5, 0.6) is 5.88 Å². The molecule has 0 atom stereocenters. The molecular weight excluding hydrogens is 436 g/mol. The van der Waals surface area contributed by atoms with Crippen LogP contribution in [0.3, 0.4) is 0 Å². The van der Waals surface area contributed by atoms with Gasteiger partial charge in [0.2, 0.25) is 5.88 Å². The van der Waals surface area contributed by atoms with E-state index in [0.717, 1.165) is 22.3 Å². The fourth-order valence-electron chi connectivity index (χ4n) is 3.64. The SMILES string of the molecule is CSc1nc(=O)n(Cc2ccccc2)c2nc(-c3cc(OCc4ccccc4)nn3C)[nH]c12. The van der Waals surface area contributed by atoms with E-state index in [1.165, 1.54) is 11.8 Å². The Labute approximate surface area is 194 Å². The largest absolute Gasteiger partial charge is 0.472 e. The lowest BCUT2D eigenvalue weighted by molar-refractivity contribution is 0.291. The summed E-state index contributed by atoms with van der Waals surface area (Å²) in [6.07, 6.45) is 1.89. The smallest absolute Gasteiger partial charge is 0.350 e. The number of rotatable bonds is 7. The monoisotopic (exact) mass is 458 g/mol. The van der Waals surface area contributed by atoms with E-state index >= 15 is 0 Å². The van der Waals surface area contributed by atoms with E-state index in [9.17, 15) is 4.79 Å². The molecule has 8 nitrogen and oxygen atoms in total. The average Bonchev–Trinajstić information content (AvgIpc) is 3.44. The Bertz CT molecular complexity index is 1460. The number of nitrogens with one attached hydrogen (secondary N) is 1. The first kappa shape index (κ1) is 21.0. The first-order valence-corrected chi connectivity index (χ1v) is 11.6. The van der Waals surface area contributed by atoms with Gasteiger partial charge in [-0.2, -0.15) is 4.98 Å². The second kappa shape index (κ2) is 8.95. The number of ether oxygens (including phenoxy) is 1. The maximum absolute atomic E-state index is 12.8. The van der Waals surface area contributed by atoms with Crippen LogP contribution in [0.25, 0.3) is 22.7 Å². The zero-order valence-corrected chi connectivity index (χ0v) is 19.0. The molecule has 0 aliphatic heterocycles. The molecule has 0 aliphatic rings. The summed E-state index contributed by atoms with van der Waals surface area (Å²) in [5.41, 5.74) is 3.77. The zero-order valence-electron chi connectivity index (χ0n) is 18.2. The van der Waals surface area contributed by atoms with Crippen LogP contribution in [0.2, 0.25) is 0 Å². The van der Waals surface area contributed by atoms with Crippen LogP contribution in [0.15, 0.2) is 76.6 Å². The molecule has 0 spiro atoms. The predicted molar refractivity (Wildman–Crippen MR) is 128 cm³/mol. The number of hydrogen-bond donors (Lipinski definition) is 1. The lowest BCUT2D eigenvalue weighted by atomic mass is 10.2. The van der Waals surface area contributed by atoms with Gasteiger partial charge in [-0.15, -0.1) is 16.9 Å². The molecule has 3 heterocycles. The van der Waals surface area contributed by atoms with Crippen molar-refractivity contribution in [3.63, 3.8) is 0 Å². The number of thioether (sulfide) groups is 1. The summed E-state index contributed by atoms with van der Waals surface area (Å²) in [5.74, 6) is 1.10. The van der Waals surface area contributed by atoms with Gasteiger partial charge < -0.3 is 9.72 Å². The summed E-state index contributed by atoms with van der Waals surface area (Å²) in [5, 5.41) is 5.08. The van der Waals surface area contributed by atoms with E-state index in [1.807, 2.05) is 80.0 Å². The quantitative estimate of drug-likeness (QED) is 0.294. The van der Waals surface area contributed by atoms with Gasteiger partial charge in [0.05, 0.1) is 6.54 Å². The number of benzene rings is 2. The number of aromatic nitrogens is 6. The van der Waals surface area contributed by atoms with Gasteiger partial charge in [0.1, 0.15) is 22.8 Å². The van der Waals surface area contributed by atoms with E-state index in [2.05, 4.69) is 15.1 Å². The van der Waals surface area contributed by atoms with Crippen LogP contribution in [-0.4, -0.2) is 35.6 Å². The molecule has 2 aromatic carbocycles. The van der Waals surface area contributed by atoms with Crippen molar-refractivity contribution in [2.45, 2.75) is 18.2 Å². The molecule has 0 amide bonds. The molecule has 5 aromatic rings. The maximum atomic E-state index is 12.8. The van der Waals surface area contributed by atoms with Crippen LogP contribution < -0.4 is 10.4 Å². The van der Waals surface area contributed by atoms with Gasteiger partial charge in [0.25, 0.3) is 0 Å². The molecule has 0 unspecified atom stereocenters. The molecule has 0 radical (unpaired) electrons. The molecule has 166 valence electrons. The second-order valence-corrected chi connectivity index (χ2v) is 8.32. The third-order valence-corrected chi connectivity index (χ3v) is 5.97. The highest BCUT2D eigenvalue weighted by molar-refractivity contribution is 7.98. The fraction of sp³-hybridized carbons (Fsp3) is 0.167. The summed E-state index contributed by atoms with van der Waals surface area (Å²) in [6, 6.07) is 21.6. The molecule has 0 fully saturated rings. The number of aromatic amines is 1. The second-order valence-electron chi connectivity index (χ2n) is 7.53. The Morgan fingerprint density at radius 1 is 1.00 bits per heavy atom. The molecular formula is C24H22N6O2S. The molecule has 1 N–H and O–H groups in total. The minimum atomic E-state index is -0.328. The average molecular weight is 459 g/mol. The van der Waals surface area contributed by atoms with Crippen molar-refractivity contribution in [2.24, 2.45) is 7.05 Å². The van der Waals surface area contributed by atoms with Crippen LogP contribution in [-0.2, 0) is 20.2 Å². The van der Waals surface area contributed by atoms with Gasteiger partial charge in [-0.1, -0.05) is 60.7 Å². The summed E-state index contributed by atoms with van der Waals surface area (Å²) in [4.78, 5) is 25.2. The summed E-state index contributed by atoms with van der Waals surface area (Å²) < 4.78 is 9.17. The molecule has 33 heavy (non-hydrogen) atoms. The highest BCUT2D eigenvalue weighted by atomic mass is 32.2. The van der Waals surface area contributed by atoms with E-state index in [1.54, 1.807) is 9.25 Å². The number of fused-ring (bicyclic) bond motifs is 1. The van der Waals surface area contributed by atoms with Crippen LogP contribution >= 0.6 is 11.8 Å². The first-order chi connectivity index (χ1) is 16.1. The van der Waals surface area contributed by atoms with E-state index in [0.29, 0.717) is 35.5 Å². The Balaban J connectivity index is 1.52. The molecule has 5 rings (SSSR count). The van der Waals surface area contributed by atoms with Gasteiger partial charge in [0, 0.05) is 13.1 Å². The van der Waals surface area contributed by atoms with Crippen LogP contribution in [0.1, 0.15) is 11.1 Å². The minimum absolute atomic E-state index is 0.328. The Kier molecular flexibility index (Phi) is 5.70. The Hall–Kier alpha value is -3.85. The number of nitrogens with zero attached hydrogens (tertiary/aromatic N) is 5. The van der Waals surface area contributed by atoms with Gasteiger partial charge >= 0.3 is 5.69 Å². The zero-order chi connectivity index (χ0) is 22.8. The van der Waals surface area contributed by atoms with E-state index in [4.69, 9.17) is 9.72 Å². The molecule has 9 heteroatoms. The van der Waals surface area contributed by atoms with Crippen LogP contribution in [0, 0.1) is 0 Å². The lowest BCUT2D eigenvalue weighted by Gasteiger charge is -2.07. The molecule has 0 saturated carbocycles. The fourth-order valence-corrected chi connectivity index (χ4v) is 4.16. The highest BCUT2D eigenvalue weighted by Gasteiger charge is 2.19. The molecule has 3 aromatic heterocycles. The van der Waals surface area contributed by atoms with Crippen molar-refractivity contribution in [3.05, 3.63) is 88.3 Å². The van der Waals surface area contributed by atoms with Gasteiger partial charge in [-0.3, -0.25) is 9.25 Å². The molecule has 0 bridgehead atoms. The molecule has 0 saturated heterocycles. The van der Waals surface area contributed by atoms with E-state index < -0.39 is 0 Å². The third-order valence-electron chi connectivity index (χ3n) is 5.29. The predicted octanol–water partition coefficient (Wildman–Crippen LogP) is 3.87. The lowest BCUT2D eigenvalue weighted by Crippen LogP contribution is -2.24. The molecule has 0 aliphatic carbocycles. The van der Waals surface area contributed by atoms with E-state index in [-0.39, 0.29) is 5.69 Å². The maximum Gasteiger partial charge on any atom is 0.350 e. The van der Waals surface area contributed by atoms with Crippen molar-refractivity contribution in [1.29, 1.82) is 0 Å². The van der Waals surface area contributed by atoms with Crippen LogP contribution in [0.4, 0.5) is 0 Å². The summed E-state index contributed by atoms with van der Waals surface area (Å²) >= 11 is 1.41. The first-order valence-electron chi connectivity index (χ1n) is 10.4. The van der Waals surface area contributed by atoms with Gasteiger partial charge in [-0.05, 0) is 17.4 Å². The van der Waals surface area contributed by atoms with Crippen molar-refractivity contribution in [1.82, 2.24) is 29.3 Å². The number of aryl methyl sites for hydroxylation is 1. The van der Waals surface area contributed by atoms with Gasteiger partial charge in [0.15, 0.2) is 11.5 Å². The van der Waals surface area contributed by atoms with Gasteiger partial charge in [-0.25, -0.2) is 9.78 Å². The summed E-state index contributed by atoms with van der Waals surface area (Å²) in [6.45, 7) is 0.813. The third kappa shape index (κ3) is 4.27. The normalized spacial score (nSPS) is 11.2. The number of imidazole rings is 1. The Morgan fingerprint density at radius 3 is 2.39 bits per heavy atom. The van der Waals surface area contributed by atoms with Crippen molar-refractivity contribution in [3.8, 4) is 17.4 Å². The Morgan fingerprint density at radius 2 is 1.70 bits per heavy atom. The number of hydrogen-bond acceptors (Lipinski definition) is 6. The van der Waals surface area contributed by atoms with Crippen molar-refractivity contribution < 1.29 is 4.74 Å². The van der Waals surface area contributed by atoms with Crippen molar-refractivity contribution >= 4 is 22.9 Å².